The summed E-state index contributed by atoms with van der Waals surface area (Å²) in [5.41, 5.74) is 3.73. The predicted octanol–water partition coefficient (Wildman–Crippen LogP) is 3.11. The van der Waals surface area contributed by atoms with Crippen LogP contribution in [0.1, 0.15) is 23.1 Å². The number of benzene rings is 1. The minimum absolute atomic E-state index is 0.0493. The van der Waals surface area contributed by atoms with Crippen LogP contribution in [0.5, 0.6) is 0 Å². The Kier molecular flexibility index (Phi) is 4.33. The molecule has 3 nitrogen and oxygen atoms in total. The molecule has 1 aliphatic carbocycles. The summed E-state index contributed by atoms with van der Waals surface area (Å²) in [7, 11) is 1.90. The van der Waals surface area contributed by atoms with Crippen LogP contribution in [0.15, 0.2) is 54.9 Å². The number of pyridine rings is 1. The van der Waals surface area contributed by atoms with Crippen molar-refractivity contribution in [2.24, 2.45) is 0 Å². The van der Waals surface area contributed by atoms with Gasteiger partial charge in [0.15, 0.2) is 0 Å². The molecule has 3 rings (SSSR count). The first-order chi connectivity index (χ1) is 10.7. The highest BCUT2D eigenvalue weighted by atomic mass is 16.2. The van der Waals surface area contributed by atoms with Crippen LogP contribution in [-0.2, 0) is 17.6 Å². The second-order valence-corrected chi connectivity index (χ2v) is 5.73. The highest BCUT2D eigenvalue weighted by molar-refractivity contribution is 5.91. The van der Waals surface area contributed by atoms with Crippen LogP contribution in [0.2, 0.25) is 0 Å². The van der Waals surface area contributed by atoms with Crippen molar-refractivity contribution in [1.29, 1.82) is 0 Å². The molecule has 0 fully saturated rings. The molecular formula is C19H20N2O. The second-order valence-electron chi connectivity index (χ2n) is 5.73. The Morgan fingerprint density at radius 3 is 2.82 bits per heavy atom. The summed E-state index contributed by atoms with van der Waals surface area (Å²) < 4.78 is 0. The van der Waals surface area contributed by atoms with E-state index in [1.165, 1.54) is 11.1 Å². The van der Waals surface area contributed by atoms with E-state index in [0.29, 0.717) is 0 Å². The van der Waals surface area contributed by atoms with E-state index in [2.05, 4.69) is 29.2 Å². The normalized spacial score (nSPS) is 17.2. The molecule has 112 valence electrons. The number of carbonyl (C=O) groups is 1. The van der Waals surface area contributed by atoms with Gasteiger partial charge in [-0.25, -0.2) is 0 Å². The van der Waals surface area contributed by atoms with Crippen LogP contribution in [-0.4, -0.2) is 28.9 Å². The number of rotatable bonds is 3. The van der Waals surface area contributed by atoms with Gasteiger partial charge in [-0.2, -0.15) is 0 Å². The first-order valence-electron chi connectivity index (χ1n) is 7.66. The molecule has 0 bridgehead atoms. The van der Waals surface area contributed by atoms with Gasteiger partial charge in [-0.1, -0.05) is 30.3 Å². The number of fused-ring (bicyclic) bond motifs is 1. The fourth-order valence-corrected chi connectivity index (χ4v) is 2.95. The van der Waals surface area contributed by atoms with E-state index >= 15 is 0 Å². The number of likely N-dealkylation sites (N-methyl/N-ethyl adjacent to an activating group) is 1. The molecule has 1 aliphatic rings. The Hall–Kier alpha value is -2.42. The average molecular weight is 292 g/mol. The maximum atomic E-state index is 12.3. The number of aryl methyl sites for hydroxylation is 1. The zero-order valence-corrected chi connectivity index (χ0v) is 12.8. The molecule has 0 N–H and O–H groups in total. The lowest BCUT2D eigenvalue weighted by atomic mass is 9.87. The summed E-state index contributed by atoms with van der Waals surface area (Å²) in [6, 6.07) is 12.6. The van der Waals surface area contributed by atoms with E-state index in [4.69, 9.17) is 0 Å². The van der Waals surface area contributed by atoms with Crippen LogP contribution < -0.4 is 0 Å². The molecule has 1 aromatic carbocycles. The van der Waals surface area contributed by atoms with Gasteiger partial charge in [0, 0.05) is 31.6 Å². The van der Waals surface area contributed by atoms with Gasteiger partial charge in [0.05, 0.1) is 0 Å². The second kappa shape index (κ2) is 6.56. The Morgan fingerprint density at radius 2 is 2.05 bits per heavy atom. The third kappa shape index (κ3) is 3.25. The molecule has 0 radical (unpaired) electrons. The molecule has 1 amide bonds. The summed E-state index contributed by atoms with van der Waals surface area (Å²) in [5.74, 6) is 0.0493. The summed E-state index contributed by atoms with van der Waals surface area (Å²) in [5, 5.41) is 0. The van der Waals surface area contributed by atoms with Crippen molar-refractivity contribution in [2.45, 2.75) is 25.3 Å². The summed E-state index contributed by atoms with van der Waals surface area (Å²) in [6.45, 7) is 0. The molecule has 0 aliphatic heterocycles. The smallest absolute Gasteiger partial charge is 0.246 e. The first kappa shape index (κ1) is 14.5. The molecular weight excluding hydrogens is 272 g/mol. The molecule has 0 spiro atoms. The van der Waals surface area contributed by atoms with Crippen molar-refractivity contribution in [1.82, 2.24) is 9.88 Å². The monoisotopic (exact) mass is 292 g/mol. The van der Waals surface area contributed by atoms with E-state index in [0.717, 1.165) is 24.8 Å². The number of carbonyl (C=O) groups excluding carboxylic acids is 1. The average Bonchev–Trinajstić information content (AvgIpc) is 2.59. The maximum Gasteiger partial charge on any atom is 0.246 e. The summed E-state index contributed by atoms with van der Waals surface area (Å²) in [6.07, 6.45) is 9.95. The molecule has 22 heavy (non-hydrogen) atoms. The van der Waals surface area contributed by atoms with E-state index < -0.39 is 0 Å². The van der Waals surface area contributed by atoms with Gasteiger partial charge in [0.2, 0.25) is 5.91 Å². The third-order valence-electron chi connectivity index (χ3n) is 4.32. The fraction of sp³-hybridized carbons (Fsp3) is 0.263. The quantitative estimate of drug-likeness (QED) is 0.814. The minimum atomic E-state index is 0.0493. The largest absolute Gasteiger partial charge is 0.339 e. The molecule has 2 aromatic rings. The van der Waals surface area contributed by atoms with E-state index in [1.807, 2.05) is 30.2 Å². The lowest BCUT2D eigenvalue weighted by Gasteiger charge is -2.31. The molecule has 1 aromatic heterocycles. The van der Waals surface area contributed by atoms with Crippen LogP contribution in [0.3, 0.4) is 0 Å². The lowest BCUT2D eigenvalue weighted by Crippen LogP contribution is -2.39. The third-order valence-corrected chi connectivity index (χ3v) is 4.32. The zero-order chi connectivity index (χ0) is 15.4. The van der Waals surface area contributed by atoms with Crippen LogP contribution >= 0.6 is 0 Å². The number of hydrogen-bond acceptors (Lipinski definition) is 2. The van der Waals surface area contributed by atoms with Crippen molar-refractivity contribution in [3.05, 3.63) is 71.6 Å². The Balaban J connectivity index is 1.66. The van der Waals surface area contributed by atoms with Gasteiger partial charge < -0.3 is 4.90 Å². The van der Waals surface area contributed by atoms with Gasteiger partial charge in [-0.3, -0.25) is 9.78 Å². The highest BCUT2D eigenvalue weighted by Crippen LogP contribution is 2.24. The van der Waals surface area contributed by atoms with Crippen LogP contribution in [0.4, 0.5) is 0 Å². The number of nitrogens with zero attached hydrogens (tertiary/aromatic N) is 2. The SMILES string of the molecule is CN(C(=O)/C=C/c1cccnc1)[C@@H]1CCc2ccccc2C1. The maximum absolute atomic E-state index is 12.3. The van der Waals surface area contributed by atoms with Crippen molar-refractivity contribution in [3.63, 3.8) is 0 Å². The molecule has 0 saturated carbocycles. The fourth-order valence-electron chi connectivity index (χ4n) is 2.95. The van der Waals surface area contributed by atoms with Crippen molar-refractivity contribution in [3.8, 4) is 0 Å². The minimum Gasteiger partial charge on any atom is -0.339 e. The Bertz CT molecular complexity index is 679. The highest BCUT2D eigenvalue weighted by Gasteiger charge is 2.23. The molecule has 1 atom stereocenters. The van der Waals surface area contributed by atoms with Gasteiger partial charge in [0.1, 0.15) is 0 Å². The predicted molar refractivity (Wildman–Crippen MR) is 88.3 cm³/mol. The Labute approximate surface area is 131 Å². The summed E-state index contributed by atoms with van der Waals surface area (Å²) in [4.78, 5) is 18.3. The number of hydrogen-bond donors (Lipinski definition) is 0. The van der Waals surface area contributed by atoms with Crippen LogP contribution in [0.25, 0.3) is 6.08 Å². The number of aromatic nitrogens is 1. The molecule has 3 heteroatoms. The van der Waals surface area contributed by atoms with Gasteiger partial charge in [-0.05, 0) is 48.1 Å². The Morgan fingerprint density at radius 1 is 1.23 bits per heavy atom. The van der Waals surface area contributed by atoms with E-state index in [1.54, 1.807) is 18.5 Å². The molecule has 1 heterocycles. The van der Waals surface area contributed by atoms with E-state index in [-0.39, 0.29) is 11.9 Å². The summed E-state index contributed by atoms with van der Waals surface area (Å²) >= 11 is 0. The van der Waals surface area contributed by atoms with Gasteiger partial charge >= 0.3 is 0 Å². The van der Waals surface area contributed by atoms with Gasteiger partial charge in [-0.15, -0.1) is 0 Å². The topological polar surface area (TPSA) is 33.2 Å². The molecule has 0 saturated heterocycles. The van der Waals surface area contributed by atoms with Crippen molar-refractivity contribution in [2.75, 3.05) is 7.05 Å². The number of amides is 1. The molecule has 0 unspecified atom stereocenters. The van der Waals surface area contributed by atoms with Crippen LogP contribution in [0, 0.1) is 0 Å². The van der Waals surface area contributed by atoms with Crippen molar-refractivity contribution >= 4 is 12.0 Å². The standard InChI is InChI=1S/C19H20N2O/c1-21(19(22)11-8-15-5-4-12-20-14-15)18-10-9-16-6-2-3-7-17(16)13-18/h2-8,11-12,14,18H,9-10,13H2,1H3/b11-8+/t18-/m1/s1. The van der Waals surface area contributed by atoms with Crippen molar-refractivity contribution < 1.29 is 4.79 Å². The first-order valence-corrected chi connectivity index (χ1v) is 7.66. The van der Waals surface area contributed by atoms with E-state index in [9.17, 15) is 4.79 Å². The zero-order valence-electron chi connectivity index (χ0n) is 12.8. The lowest BCUT2D eigenvalue weighted by molar-refractivity contribution is -0.126. The van der Waals surface area contributed by atoms with Gasteiger partial charge in [0.25, 0.3) is 0 Å².